The molecule has 3 aromatic carbocycles. The third kappa shape index (κ3) is 6.58. The van der Waals surface area contributed by atoms with E-state index in [0.717, 1.165) is 30.8 Å². The number of ether oxygens (including phenoxy) is 2. The molecule has 7 heteroatoms. The highest BCUT2D eigenvalue weighted by atomic mass is 35.5. The van der Waals surface area contributed by atoms with Crippen LogP contribution in [0.4, 0.5) is 0 Å². The van der Waals surface area contributed by atoms with Gasteiger partial charge in [-0.25, -0.2) is 4.98 Å². The normalized spacial score (nSPS) is 14.0. The predicted octanol–water partition coefficient (Wildman–Crippen LogP) is 6.09. The molecule has 0 bridgehead atoms. The number of nitrogens with zero attached hydrogens (tertiary/aromatic N) is 3. The molecular formula is C31H30ClN3O3. The van der Waals surface area contributed by atoms with Gasteiger partial charge in [0.25, 0.3) is 5.91 Å². The Morgan fingerprint density at radius 3 is 2.08 bits per heavy atom. The number of halogens is 1. The maximum absolute atomic E-state index is 13.3. The van der Waals surface area contributed by atoms with Gasteiger partial charge in [0.1, 0.15) is 17.4 Å². The van der Waals surface area contributed by atoms with Gasteiger partial charge < -0.3 is 14.4 Å². The summed E-state index contributed by atoms with van der Waals surface area (Å²) in [5.74, 6) is 0.797. The van der Waals surface area contributed by atoms with Crippen molar-refractivity contribution in [3.63, 3.8) is 0 Å². The molecule has 38 heavy (non-hydrogen) atoms. The number of pyridine rings is 1. The van der Waals surface area contributed by atoms with Crippen molar-refractivity contribution in [2.75, 3.05) is 39.3 Å². The second-order valence-electron chi connectivity index (χ2n) is 9.12. The van der Waals surface area contributed by atoms with E-state index >= 15 is 0 Å². The van der Waals surface area contributed by atoms with E-state index in [9.17, 15) is 4.79 Å². The van der Waals surface area contributed by atoms with Crippen LogP contribution in [0.25, 0.3) is 0 Å². The highest BCUT2D eigenvalue weighted by Gasteiger charge is 2.25. The van der Waals surface area contributed by atoms with E-state index in [1.54, 1.807) is 42.6 Å². The van der Waals surface area contributed by atoms with Gasteiger partial charge in [0.2, 0.25) is 5.88 Å². The fourth-order valence-electron chi connectivity index (χ4n) is 4.53. The van der Waals surface area contributed by atoms with Gasteiger partial charge in [-0.3, -0.25) is 9.69 Å². The lowest BCUT2D eigenvalue weighted by atomic mass is 10.0. The number of aromatic nitrogens is 1. The van der Waals surface area contributed by atoms with Gasteiger partial charge in [-0.1, -0.05) is 72.3 Å². The Kier molecular flexibility index (Phi) is 8.66. The molecule has 1 saturated heterocycles. The van der Waals surface area contributed by atoms with Crippen molar-refractivity contribution in [2.45, 2.75) is 6.10 Å². The Bertz CT molecular complexity index is 1270. The number of benzene rings is 3. The molecule has 0 aliphatic carbocycles. The van der Waals surface area contributed by atoms with Crippen molar-refractivity contribution in [3.8, 4) is 11.6 Å². The van der Waals surface area contributed by atoms with E-state index in [1.807, 2.05) is 41.3 Å². The summed E-state index contributed by atoms with van der Waals surface area (Å²) < 4.78 is 12.3. The second-order valence-corrected chi connectivity index (χ2v) is 9.55. The molecule has 194 valence electrons. The number of piperazine rings is 1. The number of carbonyl (C=O) groups excluding carboxylic acids is 1. The fourth-order valence-corrected chi connectivity index (χ4v) is 4.66. The molecular weight excluding hydrogens is 498 g/mol. The number of amides is 1. The molecule has 4 aromatic rings. The highest BCUT2D eigenvalue weighted by Crippen LogP contribution is 2.27. The Morgan fingerprint density at radius 2 is 1.45 bits per heavy atom. The smallest absolute Gasteiger partial charge is 0.259 e. The minimum Gasteiger partial charge on any atom is -0.438 e. The molecule has 5 rings (SSSR count). The van der Waals surface area contributed by atoms with Crippen LogP contribution in [0.1, 0.15) is 27.6 Å². The van der Waals surface area contributed by atoms with E-state index in [-0.39, 0.29) is 12.0 Å². The minimum atomic E-state index is -0.107. The van der Waals surface area contributed by atoms with E-state index in [2.05, 4.69) is 34.1 Å². The van der Waals surface area contributed by atoms with Gasteiger partial charge in [-0.15, -0.1) is 0 Å². The maximum atomic E-state index is 13.3. The molecule has 0 atom stereocenters. The molecule has 1 aromatic heterocycles. The largest absolute Gasteiger partial charge is 0.438 e. The highest BCUT2D eigenvalue weighted by molar-refractivity contribution is 6.30. The van der Waals surface area contributed by atoms with Crippen LogP contribution in [-0.2, 0) is 4.74 Å². The minimum absolute atomic E-state index is 0.0776. The topological polar surface area (TPSA) is 54.9 Å². The molecule has 1 fully saturated rings. The second kappa shape index (κ2) is 12.7. The van der Waals surface area contributed by atoms with E-state index < -0.39 is 0 Å². The summed E-state index contributed by atoms with van der Waals surface area (Å²) in [6.07, 6.45) is 1.52. The van der Waals surface area contributed by atoms with Crippen LogP contribution >= 0.6 is 11.6 Å². The summed E-state index contributed by atoms with van der Waals surface area (Å²) in [6, 6.07) is 31.1. The van der Waals surface area contributed by atoms with Gasteiger partial charge in [-0.05, 0) is 47.5 Å². The van der Waals surface area contributed by atoms with Crippen molar-refractivity contribution in [2.24, 2.45) is 0 Å². The lowest BCUT2D eigenvalue weighted by Gasteiger charge is -2.35. The lowest BCUT2D eigenvalue weighted by molar-refractivity contribution is 0.0407. The van der Waals surface area contributed by atoms with Crippen molar-refractivity contribution in [1.29, 1.82) is 0 Å². The standard InChI is InChI=1S/C31H30ClN3O3/c32-26-13-15-27(16-14-26)38-30-28(12-7-17-33-30)31(36)35-20-18-34(19-21-35)22-23-37-29(24-8-3-1-4-9-24)25-10-5-2-6-11-25/h1-17,29H,18-23H2. The van der Waals surface area contributed by atoms with Gasteiger partial charge >= 0.3 is 0 Å². The quantitative estimate of drug-likeness (QED) is 0.263. The van der Waals surface area contributed by atoms with Crippen LogP contribution in [-0.4, -0.2) is 60.0 Å². The van der Waals surface area contributed by atoms with Gasteiger partial charge in [0.05, 0.1) is 6.61 Å². The van der Waals surface area contributed by atoms with Crippen LogP contribution in [0.5, 0.6) is 11.6 Å². The number of hydrogen-bond acceptors (Lipinski definition) is 5. The average Bonchev–Trinajstić information content (AvgIpc) is 2.98. The molecule has 0 unspecified atom stereocenters. The van der Waals surface area contributed by atoms with Gasteiger partial charge in [-0.2, -0.15) is 0 Å². The van der Waals surface area contributed by atoms with Crippen molar-refractivity contribution < 1.29 is 14.3 Å². The lowest BCUT2D eigenvalue weighted by Crippen LogP contribution is -2.49. The maximum Gasteiger partial charge on any atom is 0.259 e. The molecule has 0 saturated carbocycles. The summed E-state index contributed by atoms with van der Waals surface area (Å²) in [7, 11) is 0. The molecule has 1 amide bonds. The summed E-state index contributed by atoms with van der Waals surface area (Å²) >= 11 is 5.97. The van der Waals surface area contributed by atoms with Crippen LogP contribution in [0.2, 0.25) is 5.02 Å². The summed E-state index contributed by atoms with van der Waals surface area (Å²) in [6.45, 7) is 4.23. The van der Waals surface area contributed by atoms with E-state index in [4.69, 9.17) is 21.1 Å². The zero-order chi connectivity index (χ0) is 26.2. The SMILES string of the molecule is O=C(c1cccnc1Oc1ccc(Cl)cc1)N1CCN(CCOC(c2ccccc2)c2ccccc2)CC1. The molecule has 2 heterocycles. The first-order valence-corrected chi connectivity index (χ1v) is 13.2. The predicted molar refractivity (Wildman–Crippen MR) is 149 cm³/mol. The first kappa shape index (κ1) is 25.9. The zero-order valence-corrected chi connectivity index (χ0v) is 21.8. The molecule has 6 nitrogen and oxygen atoms in total. The van der Waals surface area contributed by atoms with Crippen LogP contribution < -0.4 is 4.74 Å². The zero-order valence-electron chi connectivity index (χ0n) is 21.1. The molecule has 1 aliphatic rings. The third-order valence-electron chi connectivity index (χ3n) is 6.59. The number of rotatable bonds is 9. The monoisotopic (exact) mass is 527 g/mol. The number of carbonyl (C=O) groups is 1. The Balaban J connectivity index is 1.15. The van der Waals surface area contributed by atoms with Crippen LogP contribution in [0, 0.1) is 0 Å². The fraction of sp³-hybridized carbons (Fsp3) is 0.226. The Morgan fingerprint density at radius 1 is 0.816 bits per heavy atom. The molecule has 0 radical (unpaired) electrons. The first-order valence-electron chi connectivity index (χ1n) is 12.8. The van der Waals surface area contributed by atoms with E-state index in [0.29, 0.717) is 41.9 Å². The summed E-state index contributed by atoms with van der Waals surface area (Å²) in [5, 5.41) is 0.619. The van der Waals surface area contributed by atoms with Crippen LogP contribution in [0.15, 0.2) is 103 Å². The van der Waals surface area contributed by atoms with Crippen LogP contribution in [0.3, 0.4) is 0 Å². The molecule has 1 aliphatic heterocycles. The summed E-state index contributed by atoms with van der Waals surface area (Å²) in [4.78, 5) is 21.8. The molecule has 0 spiro atoms. The van der Waals surface area contributed by atoms with Crippen molar-refractivity contribution >= 4 is 17.5 Å². The van der Waals surface area contributed by atoms with Gasteiger partial charge in [0.15, 0.2) is 0 Å². The number of hydrogen-bond donors (Lipinski definition) is 0. The van der Waals surface area contributed by atoms with E-state index in [1.165, 1.54) is 0 Å². The Hall–Kier alpha value is -3.71. The van der Waals surface area contributed by atoms with Gasteiger partial charge in [0, 0.05) is 43.9 Å². The van der Waals surface area contributed by atoms with Crippen molar-refractivity contribution in [3.05, 3.63) is 125 Å². The Labute approximate surface area is 228 Å². The third-order valence-corrected chi connectivity index (χ3v) is 6.84. The average molecular weight is 528 g/mol. The first-order chi connectivity index (χ1) is 18.7. The summed E-state index contributed by atoms with van der Waals surface area (Å²) in [5.41, 5.74) is 2.73. The van der Waals surface area contributed by atoms with Crippen molar-refractivity contribution in [1.82, 2.24) is 14.8 Å². The molecule has 0 N–H and O–H groups in total.